The normalized spacial score (nSPS) is 17.7. The Morgan fingerprint density at radius 3 is 2.79 bits per heavy atom. The van der Waals surface area contributed by atoms with Gasteiger partial charge in [0.2, 0.25) is 0 Å². The van der Waals surface area contributed by atoms with Crippen LogP contribution < -0.4 is 10.3 Å². The van der Waals surface area contributed by atoms with Gasteiger partial charge < -0.3 is 9.72 Å². The number of methoxy groups -OCH3 is 1. The minimum absolute atomic E-state index is 0.180. The van der Waals surface area contributed by atoms with E-state index in [4.69, 9.17) is 4.74 Å². The summed E-state index contributed by atoms with van der Waals surface area (Å²) in [6, 6.07) is 13.4. The summed E-state index contributed by atoms with van der Waals surface area (Å²) < 4.78 is 20.4. The molecule has 0 aliphatic carbocycles. The van der Waals surface area contributed by atoms with Gasteiger partial charge in [0, 0.05) is 18.2 Å². The first-order valence-electron chi connectivity index (χ1n) is 11.5. The fraction of sp³-hybridized carbons (Fsp3) is 0.360. The number of rotatable bonds is 6. The van der Waals surface area contributed by atoms with E-state index in [0.29, 0.717) is 35.1 Å². The summed E-state index contributed by atoms with van der Waals surface area (Å²) in [7, 11) is 1.60. The van der Waals surface area contributed by atoms with Gasteiger partial charge in [-0.05, 0) is 77.0 Å². The predicted octanol–water partition coefficient (Wildman–Crippen LogP) is 3.53. The van der Waals surface area contributed by atoms with Crippen molar-refractivity contribution in [2.75, 3.05) is 20.2 Å². The molecule has 3 heterocycles. The smallest absolute Gasteiger partial charge is 0.253 e. The van der Waals surface area contributed by atoms with Crippen LogP contribution in [0, 0.1) is 11.7 Å². The summed E-state index contributed by atoms with van der Waals surface area (Å²) in [5.41, 5.74) is 2.01. The second kappa shape index (κ2) is 9.34. The molecule has 0 spiro atoms. The molecule has 4 aromatic rings. The summed E-state index contributed by atoms with van der Waals surface area (Å²) in [6.45, 7) is 4.29. The maximum atomic E-state index is 13.4. The highest BCUT2D eigenvalue weighted by Crippen LogP contribution is 2.31. The maximum absolute atomic E-state index is 13.4. The number of nitrogens with zero attached hydrogens (tertiary/aromatic N) is 5. The van der Waals surface area contributed by atoms with Crippen LogP contribution in [0.25, 0.3) is 10.9 Å². The maximum Gasteiger partial charge on any atom is 0.253 e. The van der Waals surface area contributed by atoms with E-state index in [1.807, 2.05) is 24.3 Å². The van der Waals surface area contributed by atoms with E-state index in [9.17, 15) is 9.18 Å². The van der Waals surface area contributed by atoms with E-state index in [2.05, 4.69) is 32.3 Å². The molecule has 176 valence electrons. The number of H-pyrrole nitrogens is 1. The minimum atomic E-state index is -0.409. The molecule has 2 atom stereocenters. The first-order chi connectivity index (χ1) is 16.5. The van der Waals surface area contributed by atoms with Gasteiger partial charge >= 0.3 is 0 Å². The van der Waals surface area contributed by atoms with E-state index in [1.165, 1.54) is 12.1 Å². The van der Waals surface area contributed by atoms with Gasteiger partial charge in [0.1, 0.15) is 17.6 Å². The first kappa shape index (κ1) is 22.2. The molecule has 0 bridgehead atoms. The fourth-order valence-corrected chi connectivity index (χ4v) is 4.77. The number of aromatic amines is 1. The number of ether oxygens (including phenoxy) is 1. The van der Waals surface area contributed by atoms with Gasteiger partial charge in [-0.3, -0.25) is 9.69 Å². The Morgan fingerprint density at radius 1 is 1.21 bits per heavy atom. The molecule has 0 radical (unpaired) electrons. The number of nitrogens with one attached hydrogen (secondary N) is 1. The molecule has 0 saturated carbocycles. The summed E-state index contributed by atoms with van der Waals surface area (Å²) in [6.07, 6.45) is 2.19. The summed E-state index contributed by atoms with van der Waals surface area (Å²) in [5.74, 6) is 1.49. The van der Waals surface area contributed by atoms with Crippen LogP contribution in [-0.4, -0.2) is 50.3 Å². The monoisotopic (exact) mass is 462 g/mol. The van der Waals surface area contributed by atoms with Crippen molar-refractivity contribution >= 4 is 10.9 Å². The lowest BCUT2D eigenvalue weighted by molar-refractivity contribution is 0.141. The average Bonchev–Trinajstić information content (AvgIpc) is 3.28. The Labute approximate surface area is 196 Å². The molecule has 1 fully saturated rings. The zero-order chi connectivity index (χ0) is 23.7. The second-order valence-corrected chi connectivity index (χ2v) is 8.97. The summed E-state index contributed by atoms with van der Waals surface area (Å²) >= 11 is 0. The molecule has 2 aromatic carbocycles. The van der Waals surface area contributed by atoms with Crippen LogP contribution in [0.5, 0.6) is 5.75 Å². The third-order valence-corrected chi connectivity index (χ3v) is 6.48. The number of halogens is 1. The zero-order valence-corrected chi connectivity index (χ0v) is 19.2. The minimum Gasteiger partial charge on any atom is -0.497 e. The Morgan fingerprint density at radius 2 is 2.03 bits per heavy atom. The van der Waals surface area contributed by atoms with Crippen molar-refractivity contribution < 1.29 is 9.13 Å². The van der Waals surface area contributed by atoms with Crippen LogP contribution in [-0.2, 0) is 6.54 Å². The van der Waals surface area contributed by atoms with Crippen molar-refractivity contribution in [2.45, 2.75) is 32.4 Å². The predicted molar refractivity (Wildman–Crippen MR) is 126 cm³/mol. The Bertz CT molecular complexity index is 1350. The molecule has 9 heteroatoms. The molecular weight excluding hydrogens is 435 g/mol. The summed E-state index contributed by atoms with van der Waals surface area (Å²) in [5, 5.41) is 13.4. The van der Waals surface area contributed by atoms with Gasteiger partial charge in [0.25, 0.3) is 5.56 Å². The van der Waals surface area contributed by atoms with Crippen molar-refractivity contribution in [3.8, 4) is 5.75 Å². The average molecular weight is 463 g/mol. The molecule has 5 rings (SSSR count). The van der Waals surface area contributed by atoms with Gasteiger partial charge in [0.05, 0.1) is 19.2 Å². The van der Waals surface area contributed by atoms with Gasteiger partial charge in [-0.2, -0.15) is 0 Å². The van der Waals surface area contributed by atoms with Gasteiger partial charge in [-0.15, -0.1) is 5.10 Å². The number of hydrogen-bond donors (Lipinski definition) is 1. The second-order valence-electron chi connectivity index (χ2n) is 8.97. The number of pyridine rings is 1. The number of piperidine rings is 1. The van der Waals surface area contributed by atoms with Gasteiger partial charge in [-0.25, -0.2) is 9.07 Å². The number of hydrogen-bond acceptors (Lipinski definition) is 6. The van der Waals surface area contributed by atoms with Crippen LogP contribution in [0.1, 0.15) is 42.8 Å². The number of tetrazole rings is 1. The molecule has 0 unspecified atom stereocenters. The number of aromatic nitrogens is 5. The van der Waals surface area contributed by atoms with Crippen LogP contribution in [0.4, 0.5) is 4.39 Å². The largest absolute Gasteiger partial charge is 0.497 e. The molecule has 8 nitrogen and oxygen atoms in total. The van der Waals surface area contributed by atoms with Gasteiger partial charge in [-0.1, -0.05) is 19.1 Å². The van der Waals surface area contributed by atoms with Crippen LogP contribution in [0.15, 0.2) is 53.3 Å². The lowest BCUT2D eigenvalue weighted by Gasteiger charge is -2.36. The lowest BCUT2D eigenvalue weighted by atomic mass is 9.95. The van der Waals surface area contributed by atoms with Crippen molar-refractivity contribution in [1.29, 1.82) is 0 Å². The number of benzene rings is 2. The van der Waals surface area contributed by atoms with Crippen molar-refractivity contribution in [2.24, 2.45) is 5.92 Å². The highest BCUT2D eigenvalue weighted by molar-refractivity contribution is 5.80. The molecule has 1 aliphatic heterocycles. The SMILES string of the molecule is COc1ccc2cc([C@@H](c3nnnn3Cc3ccc(F)cc3)N3CCC[C@@H](C)C3)c(=O)[nH]c2c1. The topological polar surface area (TPSA) is 88.9 Å². The number of likely N-dealkylation sites (tertiary alicyclic amines) is 1. The van der Waals surface area contributed by atoms with Crippen LogP contribution in [0.3, 0.4) is 0 Å². The molecule has 1 aliphatic rings. The van der Waals surface area contributed by atoms with E-state index < -0.39 is 6.04 Å². The van der Waals surface area contributed by atoms with Crippen molar-refractivity contribution in [1.82, 2.24) is 30.1 Å². The van der Waals surface area contributed by atoms with Crippen molar-refractivity contribution in [3.05, 3.63) is 81.7 Å². The van der Waals surface area contributed by atoms with E-state index >= 15 is 0 Å². The Kier molecular flexibility index (Phi) is 6.10. The zero-order valence-electron chi connectivity index (χ0n) is 19.2. The van der Waals surface area contributed by atoms with E-state index in [-0.39, 0.29) is 11.4 Å². The molecule has 1 N–H and O–H groups in total. The molecule has 2 aromatic heterocycles. The number of fused-ring (bicyclic) bond motifs is 1. The van der Waals surface area contributed by atoms with E-state index in [1.54, 1.807) is 23.9 Å². The lowest BCUT2D eigenvalue weighted by Crippen LogP contribution is -2.41. The van der Waals surface area contributed by atoms with Gasteiger partial charge in [0.15, 0.2) is 5.82 Å². The molecule has 34 heavy (non-hydrogen) atoms. The third kappa shape index (κ3) is 4.43. The fourth-order valence-electron chi connectivity index (χ4n) is 4.77. The standard InChI is InChI=1S/C25H27FN6O2/c1-16-4-3-11-31(14-16)23(21-12-18-7-10-20(34-2)13-22(18)27-25(21)33)24-28-29-30-32(24)15-17-5-8-19(26)9-6-17/h5-10,12-13,16,23H,3-4,11,14-15H2,1-2H3,(H,27,33)/t16-,23+/m1/s1. The highest BCUT2D eigenvalue weighted by Gasteiger charge is 2.32. The highest BCUT2D eigenvalue weighted by atomic mass is 19.1. The van der Waals surface area contributed by atoms with Crippen molar-refractivity contribution in [3.63, 3.8) is 0 Å². The molecule has 1 saturated heterocycles. The first-order valence-corrected chi connectivity index (χ1v) is 11.5. The third-order valence-electron chi connectivity index (χ3n) is 6.48. The molecule has 0 amide bonds. The van der Waals surface area contributed by atoms with Crippen LogP contribution in [0.2, 0.25) is 0 Å². The van der Waals surface area contributed by atoms with E-state index in [0.717, 1.165) is 36.9 Å². The Balaban J connectivity index is 1.60. The summed E-state index contributed by atoms with van der Waals surface area (Å²) in [4.78, 5) is 18.7. The van der Waals surface area contributed by atoms with Crippen LogP contribution >= 0.6 is 0 Å². The Hall–Kier alpha value is -3.59. The quantitative estimate of drug-likeness (QED) is 0.472. The molecular formula is C25H27FN6O2.